The van der Waals surface area contributed by atoms with E-state index < -0.39 is 0 Å². The molecule has 1 aromatic carbocycles. The number of hydrogen-bond acceptors (Lipinski definition) is 3. The zero-order valence-corrected chi connectivity index (χ0v) is 15.7. The van der Waals surface area contributed by atoms with Crippen LogP contribution in [-0.2, 0) is 11.3 Å². The molecule has 0 radical (unpaired) electrons. The van der Waals surface area contributed by atoms with Crippen LogP contribution in [0.1, 0.15) is 57.2 Å². The van der Waals surface area contributed by atoms with Crippen molar-refractivity contribution < 1.29 is 4.79 Å². The summed E-state index contributed by atoms with van der Waals surface area (Å²) in [6.45, 7) is 2.31. The molecule has 2 atom stereocenters. The van der Waals surface area contributed by atoms with Crippen molar-refractivity contribution in [3.05, 3.63) is 30.1 Å². The van der Waals surface area contributed by atoms with Gasteiger partial charge in [0.2, 0.25) is 5.91 Å². The van der Waals surface area contributed by atoms with Gasteiger partial charge in [-0.3, -0.25) is 4.79 Å². The number of para-hydroxylation sites is 2. The molecule has 4 rings (SSSR count). The lowest BCUT2D eigenvalue weighted by molar-refractivity contribution is -0.123. The summed E-state index contributed by atoms with van der Waals surface area (Å²) < 4.78 is 2.01. The molecule has 0 unspecified atom stereocenters. The summed E-state index contributed by atoms with van der Waals surface area (Å²) in [6.07, 6.45) is 10.3. The van der Waals surface area contributed by atoms with Crippen LogP contribution < -0.4 is 10.6 Å². The SMILES string of the molecule is Cc1nc2ccccc2n1CC(=O)N[C@H]1CC[C@H]1NC1CCCCCC1. The van der Waals surface area contributed by atoms with Crippen molar-refractivity contribution in [2.24, 2.45) is 0 Å². The number of aryl methyl sites for hydroxylation is 1. The number of amides is 1. The minimum Gasteiger partial charge on any atom is -0.350 e. The highest BCUT2D eigenvalue weighted by atomic mass is 16.2. The van der Waals surface area contributed by atoms with E-state index in [0.717, 1.165) is 23.3 Å². The van der Waals surface area contributed by atoms with Gasteiger partial charge in [0.25, 0.3) is 0 Å². The van der Waals surface area contributed by atoms with Gasteiger partial charge in [0.1, 0.15) is 12.4 Å². The van der Waals surface area contributed by atoms with E-state index in [1.54, 1.807) is 0 Å². The molecule has 140 valence electrons. The quantitative estimate of drug-likeness (QED) is 0.810. The van der Waals surface area contributed by atoms with Crippen LogP contribution in [0.4, 0.5) is 0 Å². The van der Waals surface area contributed by atoms with Gasteiger partial charge in [0.05, 0.1) is 11.0 Å². The molecule has 2 saturated carbocycles. The van der Waals surface area contributed by atoms with E-state index in [4.69, 9.17) is 0 Å². The number of imidazole rings is 1. The predicted octanol–water partition coefficient (Wildman–Crippen LogP) is 3.30. The summed E-state index contributed by atoms with van der Waals surface area (Å²) in [5, 5.41) is 7.07. The topological polar surface area (TPSA) is 59.0 Å². The van der Waals surface area contributed by atoms with E-state index >= 15 is 0 Å². The number of carbonyl (C=O) groups is 1. The maximum absolute atomic E-state index is 12.6. The van der Waals surface area contributed by atoms with Crippen LogP contribution in [-0.4, -0.2) is 33.6 Å². The number of nitrogens with one attached hydrogen (secondary N) is 2. The largest absolute Gasteiger partial charge is 0.350 e. The van der Waals surface area contributed by atoms with Crippen molar-refractivity contribution in [1.82, 2.24) is 20.2 Å². The summed E-state index contributed by atoms with van der Waals surface area (Å²) in [4.78, 5) is 17.2. The first-order valence-electron chi connectivity index (χ1n) is 10.2. The first kappa shape index (κ1) is 17.5. The second-order valence-corrected chi connectivity index (χ2v) is 7.95. The fourth-order valence-electron chi connectivity index (χ4n) is 4.41. The maximum atomic E-state index is 12.6. The van der Waals surface area contributed by atoms with E-state index in [-0.39, 0.29) is 11.9 Å². The monoisotopic (exact) mass is 354 g/mol. The summed E-state index contributed by atoms with van der Waals surface area (Å²) >= 11 is 0. The normalized spacial score (nSPS) is 24.2. The Balaban J connectivity index is 1.33. The lowest BCUT2D eigenvalue weighted by atomic mass is 9.85. The molecule has 2 fully saturated rings. The van der Waals surface area contributed by atoms with Crippen LogP contribution in [0.5, 0.6) is 0 Å². The Morgan fingerprint density at radius 2 is 1.81 bits per heavy atom. The molecule has 2 aromatic rings. The molecule has 2 N–H and O–H groups in total. The second-order valence-electron chi connectivity index (χ2n) is 7.95. The molecule has 1 amide bonds. The van der Waals surface area contributed by atoms with Crippen molar-refractivity contribution in [1.29, 1.82) is 0 Å². The third-order valence-electron chi connectivity index (χ3n) is 6.07. The van der Waals surface area contributed by atoms with Gasteiger partial charge in [-0.15, -0.1) is 0 Å². The zero-order chi connectivity index (χ0) is 17.9. The van der Waals surface area contributed by atoms with E-state index in [9.17, 15) is 4.79 Å². The highest BCUT2D eigenvalue weighted by molar-refractivity contribution is 5.81. The van der Waals surface area contributed by atoms with E-state index in [1.807, 2.05) is 35.8 Å². The van der Waals surface area contributed by atoms with Crippen LogP contribution >= 0.6 is 0 Å². The standard InChI is InChI=1S/C21H30N4O/c1-15-22-19-10-6-7-11-20(19)25(15)14-21(26)24-18-13-12-17(18)23-16-8-4-2-3-5-9-16/h6-7,10-11,16-18,23H,2-5,8-9,12-14H2,1H3,(H,24,26)/t17-,18+/m1/s1. The highest BCUT2D eigenvalue weighted by Gasteiger charge is 2.33. The van der Waals surface area contributed by atoms with Gasteiger partial charge >= 0.3 is 0 Å². The molecule has 26 heavy (non-hydrogen) atoms. The van der Waals surface area contributed by atoms with Crippen molar-refractivity contribution >= 4 is 16.9 Å². The zero-order valence-electron chi connectivity index (χ0n) is 15.7. The molecule has 0 aliphatic heterocycles. The number of nitrogens with zero attached hydrogens (tertiary/aromatic N) is 2. The van der Waals surface area contributed by atoms with E-state index in [1.165, 1.54) is 44.9 Å². The maximum Gasteiger partial charge on any atom is 0.240 e. The van der Waals surface area contributed by atoms with Crippen molar-refractivity contribution in [3.8, 4) is 0 Å². The van der Waals surface area contributed by atoms with Crippen LogP contribution in [0.15, 0.2) is 24.3 Å². The summed E-state index contributed by atoms with van der Waals surface area (Å²) in [5.41, 5.74) is 1.98. The average Bonchev–Trinajstić information content (AvgIpc) is 2.79. The minimum atomic E-state index is 0.0913. The van der Waals surface area contributed by atoms with Gasteiger partial charge < -0.3 is 15.2 Å². The fraction of sp³-hybridized carbons (Fsp3) is 0.619. The molecule has 1 heterocycles. The Labute approximate surface area is 155 Å². The lowest BCUT2D eigenvalue weighted by Gasteiger charge is -2.40. The smallest absolute Gasteiger partial charge is 0.240 e. The summed E-state index contributed by atoms with van der Waals surface area (Å²) in [7, 11) is 0. The van der Waals surface area contributed by atoms with Crippen molar-refractivity contribution in [2.45, 2.75) is 83.0 Å². The highest BCUT2D eigenvalue weighted by Crippen LogP contribution is 2.24. The Morgan fingerprint density at radius 1 is 1.08 bits per heavy atom. The summed E-state index contributed by atoms with van der Waals surface area (Å²) in [5.74, 6) is 0.983. The predicted molar refractivity (Wildman–Crippen MR) is 104 cm³/mol. The third-order valence-corrected chi connectivity index (χ3v) is 6.07. The first-order valence-corrected chi connectivity index (χ1v) is 10.2. The van der Waals surface area contributed by atoms with Crippen LogP contribution in [0.3, 0.4) is 0 Å². The molecule has 0 spiro atoms. The molecule has 2 aliphatic carbocycles. The number of aromatic nitrogens is 2. The molecular formula is C21H30N4O. The van der Waals surface area contributed by atoms with E-state index in [0.29, 0.717) is 18.6 Å². The molecule has 1 aromatic heterocycles. The fourth-order valence-corrected chi connectivity index (χ4v) is 4.41. The van der Waals surface area contributed by atoms with Gasteiger partial charge in [-0.2, -0.15) is 0 Å². The minimum absolute atomic E-state index is 0.0913. The Morgan fingerprint density at radius 3 is 2.54 bits per heavy atom. The number of fused-ring (bicyclic) bond motifs is 1. The Bertz CT molecular complexity index is 760. The molecule has 5 heteroatoms. The number of rotatable bonds is 5. The first-order chi connectivity index (χ1) is 12.7. The van der Waals surface area contributed by atoms with Crippen molar-refractivity contribution in [3.63, 3.8) is 0 Å². The Hall–Kier alpha value is -1.88. The lowest BCUT2D eigenvalue weighted by Crippen LogP contribution is -2.59. The average molecular weight is 354 g/mol. The Kier molecular flexibility index (Phi) is 5.25. The van der Waals surface area contributed by atoms with Gasteiger partial charge in [-0.25, -0.2) is 4.98 Å². The second kappa shape index (κ2) is 7.78. The number of carbonyl (C=O) groups excluding carboxylic acids is 1. The third kappa shape index (κ3) is 3.78. The van der Waals surface area contributed by atoms with Gasteiger partial charge in [-0.1, -0.05) is 37.8 Å². The van der Waals surface area contributed by atoms with Crippen LogP contribution in [0.2, 0.25) is 0 Å². The molecule has 2 aliphatic rings. The molecular weight excluding hydrogens is 324 g/mol. The van der Waals surface area contributed by atoms with Crippen molar-refractivity contribution in [2.75, 3.05) is 0 Å². The van der Waals surface area contributed by atoms with Gasteiger partial charge in [0.15, 0.2) is 0 Å². The number of hydrogen-bond donors (Lipinski definition) is 2. The number of benzene rings is 1. The molecule has 0 bridgehead atoms. The molecule has 5 nitrogen and oxygen atoms in total. The molecule has 0 saturated heterocycles. The van der Waals surface area contributed by atoms with Gasteiger partial charge in [-0.05, 0) is 44.7 Å². The van der Waals surface area contributed by atoms with Crippen LogP contribution in [0, 0.1) is 6.92 Å². The summed E-state index contributed by atoms with van der Waals surface area (Å²) in [6, 6.07) is 9.37. The van der Waals surface area contributed by atoms with E-state index in [2.05, 4.69) is 15.6 Å². The van der Waals surface area contributed by atoms with Gasteiger partial charge in [0, 0.05) is 18.1 Å². The van der Waals surface area contributed by atoms with Crippen LogP contribution in [0.25, 0.3) is 11.0 Å².